The number of anilines is 1. The number of nitrogens with one attached hydrogen (secondary N) is 1. The third-order valence-electron chi connectivity index (χ3n) is 3.57. The van der Waals surface area contributed by atoms with E-state index in [-0.39, 0.29) is 5.56 Å². The molecule has 0 radical (unpaired) electrons. The summed E-state index contributed by atoms with van der Waals surface area (Å²) in [6, 6.07) is 3.44. The molecule has 0 bridgehead atoms. The van der Waals surface area contributed by atoms with Crippen LogP contribution in [-0.4, -0.2) is 28.9 Å². The lowest BCUT2D eigenvalue weighted by atomic mass is 10.3. The van der Waals surface area contributed by atoms with Crippen molar-refractivity contribution in [3.63, 3.8) is 0 Å². The van der Waals surface area contributed by atoms with E-state index in [1.165, 1.54) is 24.3 Å². The van der Waals surface area contributed by atoms with E-state index in [2.05, 4.69) is 10.3 Å². The molecule has 27 heavy (non-hydrogen) atoms. The van der Waals surface area contributed by atoms with Crippen molar-refractivity contribution < 1.29 is 19.1 Å². The number of primary amides is 1. The molecule has 1 atom stereocenters. The van der Waals surface area contributed by atoms with E-state index >= 15 is 0 Å². The molecule has 10 heteroatoms. The number of nitrogens with zero attached hydrogens (tertiary/aromatic N) is 1. The molecule has 3 aromatic heterocycles. The summed E-state index contributed by atoms with van der Waals surface area (Å²) in [4.78, 5) is 40.8. The van der Waals surface area contributed by atoms with Crippen LogP contribution in [0.1, 0.15) is 32.6 Å². The van der Waals surface area contributed by atoms with Gasteiger partial charge in [-0.3, -0.25) is 9.59 Å². The zero-order chi connectivity index (χ0) is 19.6. The summed E-state index contributed by atoms with van der Waals surface area (Å²) in [5.74, 6) is -1.80. The van der Waals surface area contributed by atoms with Crippen molar-refractivity contribution >= 4 is 56.8 Å². The summed E-state index contributed by atoms with van der Waals surface area (Å²) >= 11 is 3.93. The first-order valence-corrected chi connectivity index (χ1v) is 10.4. The quantitative estimate of drug-likeness (QED) is 0.592. The van der Waals surface area contributed by atoms with E-state index in [4.69, 9.17) is 10.5 Å². The van der Waals surface area contributed by atoms with Crippen molar-refractivity contribution in [2.45, 2.75) is 20.0 Å². The highest BCUT2D eigenvalue weighted by Gasteiger charge is 2.24. The number of aromatic nitrogens is 1. The Hall–Kier alpha value is -2.56. The van der Waals surface area contributed by atoms with Crippen LogP contribution in [-0.2, 0) is 9.53 Å². The van der Waals surface area contributed by atoms with Crippen LogP contribution in [0.4, 0.5) is 5.00 Å². The van der Waals surface area contributed by atoms with Crippen LogP contribution in [0.3, 0.4) is 0 Å². The third kappa shape index (κ3) is 4.24. The van der Waals surface area contributed by atoms with Crippen molar-refractivity contribution in [1.29, 1.82) is 0 Å². The summed E-state index contributed by atoms with van der Waals surface area (Å²) in [5.41, 5.74) is 6.96. The molecule has 3 rings (SSSR count). The number of thiazole rings is 1. The standard InChI is InChI=1S/C17H15N3O4S3/c1-8-12(27-15(19-8)10-3-5-25-7-10)17(23)24-9(2)14(22)20-16-11(13(18)21)4-6-26-16/h3-7,9H,1-2H3,(H2,18,21)(H,20,22). The fourth-order valence-corrected chi connectivity index (χ4v) is 4.63. The van der Waals surface area contributed by atoms with Gasteiger partial charge in [0, 0.05) is 10.9 Å². The smallest absolute Gasteiger partial charge is 0.351 e. The maximum absolute atomic E-state index is 12.4. The van der Waals surface area contributed by atoms with Crippen molar-refractivity contribution in [3.8, 4) is 10.6 Å². The molecule has 0 aliphatic heterocycles. The van der Waals surface area contributed by atoms with Crippen LogP contribution in [0.25, 0.3) is 10.6 Å². The summed E-state index contributed by atoms with van der Waals surface area (Å²) in [6.07, 6.45) is -1.05. The zero-order valence-corrected chi connectivity index (χ0v) is 16.8. The Labute approximate surface area is 166 Å². The monoisotopic (exact) mass is 421 g/mol. The second-order valence-electron chi connectivity index (χ2n) is 5.51. The van der Waals surface area contributed by atoms with Crippen LogP contribution in [0.15, 0.2) is 28.3 Å². The van der Waals surface area contributed by atoms with E-state index in [0.717, 1.165) is 21.9 Å². The van der Waals surface area contributed by atoms with Crippen LogP contribution in [0.2, 0.25) is 0 Å². The molecule has 0 aliphatic rings. The molecule has 2 amide bonds. The highest BCUT2D eigenvalue weighted by molar-refractivity contribution is 7.17. The van der Waals surface area contributed by atoms with E-state index in [1.54, 1.807) is 23.6 Å². The molecule has 0 aliphatic carbocycles. The first-order chi connectivity index (χ1) is 12.9. The number of rotatable bonds is 6. The topological polar surface area (TPSA) is 111 Å². The predicted molar refractivity (Wildman–Crippen MR) is 107 cm³/mol. The Morgan fingerprint density at radius 3 is 2.70 bits per heavy atom. The number of carbonyl (C=O) groups excluding carboxylic acids is 3. The zero-order valence-electron chi connectivity index (χ0n) is 14.3. The summed E-state index contributed by atoms with van der Waals surface area (Å²) < 4.78 is 5.27. The molecule has 0 fully saturated rings. The average Bonchev–Trinajstić information content (AvgIpc) is 3.34. The fraction of sp³-hybridized carbons (Fsp3) is 0.176. The number of ether oxygens (including phenoxy) is 1. The molecule has 0 saturated carbocycles. The lowest BCUT2D eigenvalue weighted by molar-refractivity contribution is -0.123. The number of esters is 1. The molecule has 7 nitrogen and oxygen atoms in total. The highest BCUT2D eigenvalue weighted by Crippen LogP contribution is 2.30. The fourth-order valence-electron chi connectivity index (χ4n) is 2.18. The van der Waals surface area contributed by atoms with Gasteiger partial charge in [0.1, 0.15) is 14.9 Å². The summed E-state index contributed by atoms with van der Waals surface area (Å²) in [5, 5.41) is 9.12. The Bertz CT molecular complexity index is 991. The lowest BCUT2D eigenvalue weighted by Crippen LogP contribution is -2.30. The molecule has 3 N–H and O–H groups in total. The number of nitrogens with two attached hydrogens (primary N) is 1. The maximum atomic E-state index is 12.4. The van der Waals surface area contributed by atoms with Crippen LogP contribution in [0.5, 0.6) is 0 Å². The van der Waals surface area contributed by atoms with Gasteiger partial charge in [0.15, 0.2) is 6.10 Å². The van der Waals surface area contributed by atoms with Crippen molar-refractivity contribution in [2.75, 3.05) is 5.32 Å². The molecule has 0 spiro atoms. The van der Waals surface area contributed by atoms with E-state index in [0.29, 0.717) is 15.6 Å². The van der Waals surface area contributed by atoms with Crippen molar-refractivity contribution in [2.24, 2.45) is 5.73 Å². The molecule has 0 aromatic carbocycles. The minimum absolute atomic E-state index is 0.214. The maximum Gasteiger partial charge on any atom is 0.351 e. The lowest BCUT2D eigenvalue weighted by Gasteiger charge is -2.12. The second-order valence-corrected chi connectivity index (χ2v) is 8.21. The normalized spacial score (nSPS) is 11.8. The SMILES string of the molecule is Cc1nc(-c2ccsc2)sc1C(=O)OC(C)C(=O)Nc1sccc1C(N)=O. The first-order valence-electron chi connectivity index (χ1n) is 7.76. The van der Waals surface area contributed by atoms with Gasteiger partial charge < -0.3 is 15.8 Å². The van der Waals surface area contributed by atoms with Gasteiger partial charge in [-0.25, -0.2) is 9.78 Å². The average molecular weight is 422 g/mol. The minimum atomic E-state index is -1.05. The Morgan fingerprint density at radius 1 is 1.26 bits per heavy atom. The number of amides is 2. The van der Waals surface area contributed by atoms with Crippen LogP contribution < -0.4 is 11.1 Å². The molecule has 3 aromatic rings. The van der Waals surface area contributed by atoms with Gasteiger partial charge in [-0.1, -0.05) is 0 Å². The van der Waals surface area contributed by atoms with Crippen LogP contribution >= 0.6 is 34.0 Å². The Balaban J connectivity index is 1.67. The largest absolute Gasteiger partial charge is 0.448 e. The summed E-state index contributed by atoms with van der Waals surface area (Å²) in [7, 11) is 0. The van der Waals surface area contributed by atoms with Gasteiger partial charge in [0.25, 0.3) is 11.8 Å². The molecular formula is C17H15N3O4S3. The molecule has 140 valence electrons. The number of carbonyl (C=O) groups is 3. The Morgan fingerprint density at radius 2 is 2.04 bits per heavy atom. The highest BCUT2D eigenvalue weighted by atomic mass is 32.1. The Kier molecular flexibility index (Phi) is 5.68. The van der Waals surface area contributed by atoms with Gasteiger partial charge in [0.05, 0.1) is 11.3 Å². The van der Waals surface area contributed by atoms with Gasteiger partial charge in [0.2, 0.25) is 0 Å². The minimum Gasteiger partial charge on any atom is -0.448 e. The molecule has 0 saturated heterocycles. The number of aryl methyl sites for hydroxylation is 1. The number of hydrogen-bond acceptors (Lipinski definition) is 8. The van der Waals surface area contributed by atoms with Gasteiger partial charge in [-0.15, -0.1) is 22.7 Å². The van der Waals surface area contributed by atoms with E-state index in [9.17, 15) is 14.4 Å². The van der Waals surface area contributed by atoms with E-state index in [1.807, 2.05) is 16.8 Å². The number of thiophene rings is 2. The van der Waals surface area contributed by atoms with E-state index < -0.39 is 23.9 Å². The van der Waals surface area contributed by atoms with Gasteiger partial charge in [-0.05, 0) is 36.7 Å². The molecular weight excluding hydrogens is 406 g/mol. The molecule has 3 heterocycles. The predicted octanol–water partition coefficient (Wildman–Crippen LogP) is 3.52. The van der Waals surface area contributed by atoms with Crippen molar-refractivity contribution in [1.82, 2.24) is 4.98 Å². The second kappa shape index (κ2) is 7.99. The summed E-state index contributed by atoms with van der Waals surface area (Å²) in [6.45, 7) is 3.18. The molecule has 1 unspecified atom stereocenters. The van der Waals surface area contributed by atoms with Gasteiger partial charge in [-0.2, -0.15) is 11.3 Å². The first kappa shape index (κ1) is 19.2. The van der Waals surface area contributed by atoms with Gasteiger partial charge >= 0.3 is 5.97 Å². The van der Waals surface area contributed by atoms with Crippen LogP contribution in [0, 0.1) is 6.92 Å². The third-order valence-corrected chi connectivity index (χ3v) is 6.27. The number of hydrogen-bond donors (Lipinski definition) is 2. The van der Waals surface area contributed by atoms with Crippen molar-refractivity contribution in [3.05, 3.63) is 44.4 Å².